The zero-order valence-electron chi connectivity index (χ0n) is 40.6. The van der Waals surface area contributed by atoms with E-state index in [1.54, 1.807) is 121 Å². The lowest BCUT2D eigenvalue weighted by atomic mass is 10.1. The standard InChI is InChI=1S/C25H20F8O6S2.C21H15F5O5S2.C4H8O/c1-22(34,25(31,32)33)15-38-20-14-18(40(16-8-4-2-5-9-16)17-10-6-3-7-11-17)12-13-19(20)39-21(23(26,27)28)24(29,30)41(35,36)37;22-20(23,24)19(21(25,26)33(28,29)30)31-18-12-11-16(13-17(18)27)32(14-7-3-1-4-8-14)15-9-5-2-6-10-15;1-4(2)3-5-4/h2-14,21,34H,15H2,1H3;1-13,19H,(H-,27,28,29,30);3H2,1-2H3. The molecule has 79 heavy (non-hydrogen) atoms. The number of alkyl halides is 13. The second kappa shape index (κ2) is 24.4. The minimum Gasteiger partial charge on any atom is -0.743 e. The van der Waals surface area contributed by atoms with Crippen LogP contribution >= 0.6 is 0 Å². The van der Waals surface area contributed by atoms with Crippen LogP contribution in [0.5, 0.6) is 23.0 Å². The predicted octanol–water partition coefficient (Wildman–Crippen LogP) is 11.7. The van der Waals surface area contributed by atoms with Gasteiger partial charge in [0.05, 0.1) is 34.0 Å². The third kappa shape index (κ3) is 16.6. The maximum absolute atomic E-state index is 14.1. The van der Waals surface area contributed by atoms with E-state index in [9.17, 15) is 93.2 Å². The van der Waals surface area contributed by atoms with Crippen LogP contribution in [0.1, 0.15) is 20.8 Å². The molecule has 0 radical (unpaired) electrons. The third-order valence-corrected chi connectivity index (χ3v) is 16.6. The van der Waals surface area contributed by atoms with Crippen molar-refractivity contribution in [3.8, 4) is 23.0 Å². The van der Waals surface area contributed by atoms with Gasteiger partial charge in [0.15, 0.2) is 78.2 Å². The molecule has 12 nitrogen and oxygen atoms in total. The van der Waals surface area contributed by atoms with Crippen LogP contribution in [0.2, 0.25) is 0 Å². The first-order valence-corrected chi connectivity index (χ1v) is 27.4. The molecule has 6 aromatic carbocycles. The molecule has 0 bridgehead atoms. The number of aliphatic hydroxyl groups is 1. The summed E-state index contributed by atoms with van der Waals surface area (Å²) in [5.41, 5.74) is -3.30. The van der Waals surface area contributed by atoms with Crippen LogP contribution in [0.15, 0.2) is 187 Å². The number of phenolic OH excluding ortho intramolecular Hbond substituents is 1. The summed E-state index contributed by atoms with van der Waals surface area (Å²) in [7, 11) is -15.5. The van der Waals surface area contributed by atoms with Gasteiger partial charge < -0.3 is 38.3 Å². The van der Waals surface area contributed by atoms with E-state index in [1.165, 1.54) is 6.07 Å². The summed E-state index contributed by atoms with van der Waals surface area (Å²) in [6, 6.07) is 40.5. The van der Waals surface area contributed by atoms with Crippen molar-refractivity contribution in [3.63, 3.8) is 0 Å². The first-order valence-electron chi connectivity index (χ1n) is 22.1. The van der Waals surface area contributed by atoms with Crippen LogP contribution < -0.4 is 14.2 Å². The van der Waals surface area contributed by atoms with Crippen LogP contribution in [0, 0.1) is 0 Å². The van der Waals surface area contributed by atoms with Crippen molar-refractivity contribution in [2.45, 2.75) is 103 Å². The van der Waals surface area contributed by atoms with Crippen molar-refractivity contribution in [2.75, 3.05) is 13.2 Å². The van der Waals surface area contributed by atoms with Gasteiger partial charge in [-0.25, -0.2) is 16.8 Å². The molecule has 1 aliphatic rings. The van der Waals surface area contributed by atoms with Crippen molar-refractivity contribution < 1.29 is 112 Å². The molecule has 3 atom stereocenters. The zero-order valence-corrected chi connectivity index (χ0v) is 43.9. The molecule has 0 amide bonds. The van der Waals surface area contributed by atoms with Gasteiger partial charge in [-0.05, 0) is 93.6 Å². The zero-order chi connectivity index (χ0) is 59.2. The van der Waals surface area contributed by atoms with E-state index in [4.69, 9.17) is 9.47 Å². The van der Waals surface area contributed by atoms with Gasteiger partial charge in [0.1, 0.15) is 6.61 Å². The molecule has 29 heteroatoms. The number of aromatic hydroxyl groups is 1. The highest BCUT2D eigenvalue weighted by molar-refractivity contribution is 7.97. The van der Waals surface area contributed by atoms with Gasteiger partial charge in [0, 0.05) is 12.1 Å². The molecule has 6 aromatic rings. The highest BCUT2D eigenvalue weighted by atomic mass is 32.2. The average molecular weight is 1210 g/mol. The summed E-state index contributed by atoms with van der Waals surface area (Å²) in [5, 5.41) is 8.18. The van der Waals surface area contributed by atoms with Crippen molar-refractivity contribution in [2.24, 2.45) is 0 Å². The molecule has 430 valence electrons. The number of phenols is 1. The molecule has 3 unspecified atom stereocenters. The second-order valence-electron chi connectivity index (χ2n) is 17.3. The first kappa shape index (κ1) is 63.9. The molecule has 0 aliphatic carbocycles. The lowest BCUT2D eigenvalue weighted by Gasteiger charge is -2.31. The van der Waals surface area contributed by atoms with E-state index in [2.05, 4.69) is 23.3 Å². The topological polar surface area (TPSA) is 195 Å². The van der Waals surface area contributed by atoms with Gasteiger partial charge in [0.25, 0.3) is 12.2 Å². The molecule has 1 aliphatic heterocycles. The van der Waals surface area contributed by atoms with Crippen LogP contribution in [0.25, 0.3) is 0 Å². The van der Waals surface area contributed by atoms with E-state index in [0.717, 1.165) is 40.7 Å². The average Bonchev–Trinajstić information content (AvgIpc) is 4.11. The van der Waals surface area contributed by atoms with Crippen molar-refractivity contribution in [1.82, 2.24) is 0 Å². The molecule has 2 N–H and O–H groups in total. The monoisotopic (exact) mass is 1210 g/mol. The maximum atomic E-state index is 14.1. The van der Waals surface area contributed by atoms with Gasteiger partial charge in [0.2, 0.25) is 0 Å². The number of hydrogen-bond donors (Lipinski definition) is 2. The molecule has 1 heterocycles. The molecule has 1 saturated heterocycles. The van der Waals surface area contributed by atoms with Crippen molar-refractivity contribution in [3.05, 3.63) is 158 Å². The van der Waals surface area contributed by atoms with E-state index >= 15 is 0 Å². The fourth-order valence-corrected chi connectivity index (χ4v) is 11.3. The van der Waals surface area contributed by atoms with E-state index < -0.39 is 118 Å². The number of epoxide rings is 1. The highest BCUT2D eigenvalue weighted by Gasteiger charge is 2.64. The lowest BCUT2D eigenvalue weighted by molar-refractivity contribution is -0.261. The van der Waals surface area contributed by atoms with Crippen molar-refractivity contribution in [1.29, 1.82) is 0 Å². The van der Waals surface area contributed by atoms with Crippen LogP contribution in [0.3, 0.4) is 0 Å². The lowest BCUT2D eigenvalue weighted by Crippen LogP contribution is -2.53. The number of halogens is 13. The van der Waals surface area contributed by atoms with E-state index in [-0.39, 0.29) is 10.5 Å². The quantitative estimate of drug-likeness (QED) is 0.0380. The van der Waals surface area contributed by atoms with Gasteiger partial charge in [-0.15, -0.1) is 0 Å². The Kier molecular flexibility index (Phi) is 19.7. The van der Waals surface area contributed by atoms with Gasteiger partial charge in [-0.3, -0.25) is 0 Å². The summed E-state index contributed by atoms with van der Waals surface area (Å²) >= 11 is 0. The highest BCUT2D eigenvalue weighted by Crippen LogP contribution is 2.45. The summed E-state index contributed by atoms with van der Waals surface area (Å²) in [6.07, 6.45) is -26.2. The number of rotatable bonds is 17. The van der Waals surface area contributed by atoms with Gasteiger partial charge >= 0.3 is 29.0 Å². The Morgan fingerprint density at radius 1 is 0.532 bits per heavy atom. The predicted molar refractivity (Wildman–Crippen MR) is 257 cm³/mol. The largest absolute Gasteiger partial charge is 0.743 e. The summed E-state index contributed by atoms with van der Waals surface area (Å²) < 4.78 is 259. The fraction of sp³-hybridized carbons (Fsp3) is 0.280. The molecule has 1 fully saturated rings. The number of hydrogen-bond acceptors (Lipinski definition) is 12. The minimum atomic E-state index is -6.92. The Bertz CT molecular complexity index is 3110. The maximum Gasteiger partial charge on any atom is 0.432 e. The second-order valence-corrected chi connectivity index (χ2v) is 24.3. The Labute approximate surface area is 448 Å². The smallest absolute Gasteiger partial charge is 0.432 e. The Morgan fingerprint density at radius 2 is 0.835 bits per heavy atom. The summed E-state index contributed by atoms with van der Waals surface area (Å²) in [5.74, 6) is -4.23. The van der Waals surface area contributed by atoms with Crippen LogP contribution in [-0.4, -0.2) is 102 Å². The first-order chi connectivity index (χ1) is 36.3. The van der Waals surface area contributed by atoms with Gasteiger partial charge in [-0.1, -0.05) is 72.8 Å². The normalized spacial score (nSPS) is 15.6. The third-order valence-electron chi connectivity index (χ3n) is 10.4. The number of ether oxygens (including phenoxy) is 4. The summed E-state index contributed by atoms with van der Waals surface area (Å²) in [6.45, 7) is 3.78. The molecular weight excluding hydrogens is 1170 g/mol. The van der Waals surface area contributed by atoms with Crippen LogP contribution in [0.4, 0.5) is 57.1 Å². The minimum absolute atomic E-state index is 0.211. The molecule has 0 saturated carbocycles. The Hall–Kier alpha value is -5.95. The fourth-order valence-electron chi connectivity index (χ4n) is 6.20. The number of benzene rings is 6. The SMILES string of the molecule is CC(O)(COc1cc([S+](c2ccccc2)c2ccccc2)ccc1OC(C(F)(F)F)C(F)(F)S(=O)(=O)[O-])C(F)(F)F.CC1(C)CO1.O=S(=O)([O-])C(F)(F)C(Oc1ccc([S+](c2ccccc2)c2ccccc2)cc1O)C(F)(F)F. The van der Waals surface area contributed by atoms with Gasteiger partial charge in [-0.2, -0.15) is 57.1 Å². The molecular formula is C50H43F13O12S4. The van der Waals surface area contributed by atoms with E-state index in [0.29, 0.717) is 27.7 Å². The van der Waals surface area contributed by atoms with E-state index in [1.807, 2.05) is 0 Å². The Morgan fingerprint density at radius 3 is 1.11 bits per heavy atom. The molecule has 0 aromatic heterocycles. The summed E-state index contributed by atoms with van der Waals surface area (Å²) in [4.78, 5) is 3.51. The molecule has 0 spiro atoms. The molecule has 7 rings (SSSR count). The van der Waals surface area contributed by atoms with Crippen molar-refractivity contribution >= 4 is 42.0 Å². The Balaban J connectivity index is 0.000000271. The van der Waals surface area contributed by atoms with Crippen LogP contribution in [-0.2, 0) is 46.8 Å².